The molecule has 0 saturated heterocycles. The molecule has 120 valence electrons. The van der Waals surface area contributed by atoms with Crippen LogP contribution in [-0.2, 0) is 4.79 Å². The third-order valence-electron chi connectivity index (χ3n) is 3.85. The fourth-order valence-corrected chi connectivity index (χ4v) is 2.68. The second-order valence-electron chi connectivity index (χ2n) is 5.39. The molecule has 22 heavy (non-hydrogen) atoms. The Hall–Kier alpha value is -2.26. The van der Waals surface area contributed by atoms with E-state index in [2.05, 4.69) is 10.3 Å². The highest BCUT2D eigenvalue weighted by Crippen LogP contribution is 2.32. The van der Waals surface area contributed by atoms with E-state index in [0.717, 1.165) is 0 Å². The van der Waals surface area contributed by atoms with Gasteiger partial charge in [0.15, 0.2) is 0 Å². The van der Waals surface area contributed by atoms with Gasteiger partial charge in [-0.2, -0.15) is 0 Å². The summed E-state index contributed by atoms with van der Waals surface area (Å²) in [6.07, 6.45) is 0.210. The fraction of sp³-hybridized carbons (Fsp3) is 0.538. The molecule has 9 nitrogen and oxygen atoms in total. The quantitative estimate of drug-likeness (QED) is 0.418. The van der Waals surface area contributed by atoms with Crippen LogP contribution in [0.5, 0.6) is 0 Å². The average Bonchev–Trinajstić information content (AvgIpc) is 2.73. The summed E-state index contributed by atoms with van der Waals surface area (Å²) in [7, 11) is 0. The van der Waals surface area contributed by atoms with Gasteiger partial charge in [0.1, 0.15) is 11.9 Å². The number of aliphatic hydroxyl groups is 2. The molecular formula is C13H18N4O5. The maximum Gasteiger partial charge on any atom is 0.274 e. The average molecular weight is 310 g/mol. The Balaban J connectivity index is 2.02. The zero-order chi connectivity index (χ0) is 16.3. The van der Waals surface area contributed by atoms with Gasteiger partial charge in [-0.05, 0) is 18.8 Å². The molecule has 0 aliphatic heterocycles. The molecular weight excluding hydrogens is 292 g/mol. The summed E-state index contributed by atoms with van der Waals surface area (Å²) in [6, 6.07) is 2.03. The first-order valence-corrected chi connectivity index (χ1v) is 6.90. The van der Waals surface area contributed by atoms with E-state index in [9.17, 15) is 25.1 Å². The number of rotatable bonds is 6. The lowest BCUT2D eigenvalue weighted by molar-refractivity contribution is -0.384. The molecule has 5 N–H and O–H groups in total. The van der Waals surface area contributed by atoms with Gasteiger partial charge in [-0.3, -0.25) is 14.9 Å². The Bertz CT molecular complexity index is 567. The number of carbonyl (C=O) groups excluding carboxylic acids is 1. The Kier molecular flexibility index (Phi) is 4.88. The molecule has 1 heterocycles. The lowest BCUT2D eigenvalue weighted by Crippen LogP contribution is -2.35. The SMILES string of the molecule is NC(=O)CCC1CC(Nc2cc([N+](=O)[O-])ccn2)C(O)C1O. The van der Waals surface area contributed by atoms with Gasteiger partial charge in [-0.1, -0.05) is 0 Å². The summed E-state index contributed by atoms with van der Waals surface area (Å²) in [5, 5.41) is 33.7. The van der Waals surface area contributed by atoms with E-state index in [1.807, 2.05) is 0 Å². The Labute approximate surface area is 126 Å². The molecule has 0 spiro atoms. The molecule has 4 atom stereocenters. The van der Waals surface area contributed by atoms with Crippen molar-refractivity contribution in [2.45, 2.75) is 37.5 Å². The van der Waals surface area contributed by atoms with E-state index >= 15 is 0 Å². The highest BCUT2D eigenvalue weighted by Gasteiger charge is 2.41. The number of aliphatic hydroxyl groups excluding tert-OH is 2. The molecule has 1 saturated carbocycles. The second-order valence-corrected chi connectivity index (χ2v) is 5.39. The number of amides is 1. The lowest BCUT2D eigenvalue weighted by atomic mass is 9.99. The van der Waals surface area contributed by atoms with Crippen LogP contribution in [0.1, 0.15) is 19.3 Å². The minimum Gasteiger partial charge on any atom is -0.390 e. The van der Waals surface area contributed by atoms with Crippen LogP contribution in [-0.4, -0.2) is 44.3 Å². The van der Waals surface area contributed by atoms with Crippen LogP contribution in [0.4, 0.5) is 11.5 Å². The molecule has 1 aliphatic carbocycles. The van der Waals surface area contributed by atoms with Gasteiger partial charge in [-0.25, -0.2) is 4.98 Å². The Morgan fingerprint density at radius 2 is 2.23 bits per heavy atom. The van der Waals surface area contributed by atoms with Crippen molar-refractivity contribution >= 4 is 17.4 Å². The zero-order valence-electron chi connectivity index (χ0n) is 11.8. The number of nitrogens with one attached hydrogen (secondary N) is 1. The molecule has 1 aliphatic rings. The van der Waals surface area contributed by atoms with Crippen LogP contribution < -0.4 is 11.1 Å². The monoisotopic (exact) mass is 310 g/mol. The minimum absolute atomic E-state index is 0.115. The number of nitro groups is 1. The summed E-state index contributed by atoms with van der Waals surface area (Å²) < 4.78 is 0. The van der Waals surface area contributed by atoms with Crippen molar-refractivity contribution in [3.63, 3.8) is 0 Å². The fourth-order valence-electron chi connectivity index (χ4n) is 2.68. The van der Waals surface area contributed by atoms with Crippen LogP contribution in [0, 0.1) is 16.0 Å². The summed E-state index contributed by atoms with van der Waals surface area (Å²) >= 11 is 0. The van der Waals surface area contributed by atoms with Gasteiger partial charge in [0.05, 0.1) is 23.1 Å². The lowest BCUT2D eigenvalue weighted by Gasteiger charge is -2.18. The number of nitrogens with two attached hydrogens (primary N) is 1. The molecule has 1 aromatic rings. The standard InChI is InChI=1S/C13H18N4O5/c14-10(18)2-1-7-5-9(13(20)12(7)19)16-11-6-8(17(21)22)3-4-15-11/h3-4,6-7,9,12-13,19-20H,1-2,5H2,(H2,14,18)(H,15,16). The summed E-state index contributed by atoms with van der Waals surface area (Å²) in [5.74, 6) is -0.474. The van der Waals surface area contributed by atoms with E-state index in [4.69, 9.17) is 5.73 Å². The van der Waals surface area contributed by atoms with Crippen molar-refractivity contribution in [2.75, 3.05) is 5.32 Å². The molecule has 0 bridgehead atoms. The van der Waals surface area contributed by atoms with Crippen molar-refractivity contribution in [1.29, 1.82) is 0 Å². The smallest absolute Gasteiger partial charge is 0.274 e. The van der Waals surface area contributed by atoms with Gasteiger partial charge in [-0.15, -0.1) is 0 Å². The molecule has 4 unspecified atom stereocenters. The maximum atomic E-state index is 10.8. The second kappa shape index (κ2) is 6.67. The molecule has 2 rings (SSSR count). The number of aromatic nitrogens is 1. The topological polar surface area (TPSA) is 152 Å². The molecule has 0 radical (unpaired) electrons. The first-order chi connectivity index (χ1) is 10.4. The van der Waals surface area contributed by atoms with E-state index < -0.39 is 29.1 Å². The van der Waals surface area contributed by atoms with Crippen molar-refractivity contribution in [1.82, 2.24) is 4.98 Å². The van der Waals surface area contributed by atoms with Gasteiger partial charge >= 0.3 is 0 Å². The highest BCUT2D eigenvalue weighted by atomic mass is 16.6. The Morgan fingerprint density at radius 3 is 2.86 bits per heavy atom. The molecule has 9 heteroatoms. The molecule has 1 fully saturated rings. The van der Waals surface area contributed by atoms with Gasteiger partial charge in [0.2, 0.25) is 5.91 Å². The largest absolute Gasteiger partial charge is 0.390 e. The number of nitrogens with zero attached hydrogens (tertiary/aromatic N) is 2. The summed E-state index contributed by atoms with van der Waals surface area (Å²) in [6.45, 7) is 0. The Morgan fingerprint density at radius 1 is 1.50 bits per heavy atom. The van der Waals surface area contributed by atoms with Crippen LogP contribution in [0.3, 0.4) is 0 Å². The van der Waals surface area contributed by atoms with E-state index in [0.29, 0.717) is 12.8 Å². The number of pyridine rings is 1. The minimum atomic E-state index is -1.04. The zero-order valence-corrected chi connectivity index (χ0v) is 11.8. The number of anilines is 1. The highest BCUT2D eigenvalue weighted by molar-refractivity contribution is 5.73. The predicted octanol–water partition coefficient (Wildman–Crippen LogP) is -0.223. The third kappa shape index (κ3) is 3.68. The van der Waals surface area contributed by atoms with E-state index in [1.54, 1.807) is 0 Å². The van der Waals surface area contributed by atoms with E-state index in [-0.39, 0.29) is 23.8 Å². The number of primary amides is 1. The van der Waals surface area contributed by atoms with Crippen LogP contribution >= 0.6 is 0 Å². The normalized spacial score (nSPS) is 27.5. The number of hydrogen-bond acceptors (Lipinski definition) is 7. The predicted molar refractivity (Wildman–Crippen MR) is 76.9 cm³/mol. The first kappa shape index (κ1) is 16.1. The molecule has 1 amide bonds. The van der Waals surface area contributed by atoms with Crippen molar-refractivity contribution in [3.05, 3.63) is 28.4 Å². The van der Waals surface area contributed by atoms with Gasteiger partial charge in [0.25, 0.3) is 5.69 Å². The van der Waals surface area contributed by atoms with Crippen molar-refractivity contribution < 1.29 is 19.9 Å². The van der Waals surface area contributed by atoms with Gasteiger partial charge in [0, 0.05) is 18.7 Å². The maximum absolute atomic E-state index is 10.8. The number of carbonyl (C=O) groups is 1. The third-order valence-corrected chi connectivity index (χ3v) is 3.85. The van der Waals surface area contributed by atoms with Gasteiger partial charge < -0.3 is 21.3 Å². The van der Waals surface area contributed by atoms with Crippen molar-refractivity contribution in [2.24, 2.45) is 11.7 Å². The molecule has 1 aromatic heterocycles. The van der Waals surface area contributed by atoms with Crippen molar-refractivity contribution in [3.8, 4) is 0 Å². The van der Waals surface area contributed by atoms with Crippen LogP contribution in [0.2, 0.25) is 0 Å². The van der Waals surface area contributed by atoms with Crippen LogP contribution in [0.25, 0.3) is 0 Å². The molecule has 0 aromatic carbocycles. The summed E-state index contributed by atoms with van der Waals surface area (Å²) in [4.78, 5) is 25.0. The summed E-state index contributed by atoms with van der Waals surface area (Å²) in [5.41, 5.74) is 4.97. The first-order valence-electron chi connectivity index (χ1n) is 6.90. The van der Waals surface area contributed by atoms with E-state index in [1.165, 1.54) is 18.3 Å². The van der Waals surface area contributed by atoms with Crippen LogP contribution in [0.15, 0.2) is 18.3 Å². The number of hydrogen-bond donors (Lipinski definition) is 4.